The molecule has 1 aliphatic rings. The van der Waals surface area contributed by atoms with E-state index in [1.54, 1.807) is 18.9 Å². The number of carbonyl (C=O) groups is 1. The molecule has 0 saturated carbocycles. The van der Waals surface area contributed by atoms with E-state index >= 15 is 0 Å². The number of nitrogens with zero attached hydrogens (tertiary/aromatic N) is 2. The molecule has 1 heterocycles. The highest BCUT2D eigenvalue weighted by atomic mass is 16.6. The minimum Gasteiger partial charge on any atom is -0.340 e. The molecule has 1 saturated heterocycles. The number of non-ortho nitro benzene ring substituents is 1. The molecule has 1 atom stereocenters. The molecule has 0 aromatic heterocycles. The third-order valence-electron chi connectivity index (χ3n) is 3.65. The Morgan fingerprint density at radius 3 is 2.85 bits per heavy atom. The van der Waals surface area contributed by atoms with Crippen LogP contribution in [0.3, 0.4) is 0 Å². The maximum atomic E-state index is 12.4. The van der Waals surface area contributed by atoms with Crippen molar-refractivity contribution in [2.75, 3.05) is 20.1 Å². The van der Waals surface area contributed by atoms with Crippen LogP contribution in [0.15, 0.2) is 18.2 Å². The van der Waals surface area contributed by atoms with Crippen molar-refractivity contribution < 1.29 is 9.72 Å². The van der Waals surface area contributed by atoms with E-state index in [1.165, 1.54) is 18.2 Å². The van der Waals surface area contributed by atoms with Gasteiger partial charge in [0, 0.05) is 37.3 Å². The second-order valence-electron chi connectivity index (χ2n) is 5.24. The zero-order valence-electron chi connectivity index (χ0n) is 11.8. The normalized spacial score (nSPS) is 18.0. The Hall–Kier alpha value is -1.95. The van der Waals surface area contributed by atoms with Crippen molar-refractivity contribution in [3.63, 3.8) is 0 Å². The van der Waals surface area contributed by atoms with Gasteiger partial charge in [0.25, 0.3) is 11.6 Å². The topological polar surface area (TPSA) is 75.5 Å². The van der Waals surface area contributed by atoms with Crippen LogP contribution in [0.1, 0.15) is 28.8 Å². The standard InChI is InChI=1S/C14H19N3O3/c1-10-8-12(17(19)20)5-6-13(10)14(18)16(2)9-11-4-3-7-15-11/h5-6,8,11,15H,3-4,7,9H2,1-2H3. The molecule has 1 unspecified atom stereocenters. The van der Waals surface area contributed by atoms with Crippen LogP contribution in [0, 0.1) is 17.0 Å². The lowest BCUT2D eigenvalue weighted by atomic mass is 10.1. The predicted octanol–water partition coefficient (Wildman–Crippen LogP) is 1.73. The Morgan fingerprint density at radius 1 is 1.55 bits per heavy atom. The number of likely N-dealkylation sites (N-methyl/N-ethyl adjacent to an activating group) is 1. The number of nitro benzene ring substituents is 1. The first-order chi connectivity index (χ1) is 9.49. The first-order valence-corrected chi connectivity index (χ1v) is 6.73. The number of hydrogen-bond donors (Lipinski definition) is 1. The summed E-state index contributed by atoms with van der Waals surface area (Å²) >= 11 is 0. The number of nitrogens with one attached hydrogen (secondary N) is 1. The number of nitro groups is 1. The highest BCUT2D eigenvalue weighted by Crippen LogP contribution is 2.18. The van der Waals surface area contributed by atoms with E-state index in [4.69, 9.17) is 0 Å². The van der Waals surface area contributed by atoms with Gasteiger partial charge in [-0.15, -0.1) is 0 Å². The fourth-order valence-corrected chi connectivity index (χ4v) is 2.53. The van der Waals surface area contributed by atoms with Crippen molar-refractivity contribution in [1.29, 1.82) is 0 Å². The van der Waals surface area contributed by atoms with Crippen molar-refractivity contribution in [1.82, 2.24) is 10.2 Å². The van der Waals surface area contributed by atoms with Gasteiger partial charge >= 0.3 is 0 Å². The molecule has 6 heteroatoms. The molecule has 1 aromatic carbocycles. The van der Waals surface area contributed by atoms with E-state index in [-0.39, 0.29) is 11.6 Å². The zero-order chi connectivity index (χ0) is 14.7. The smallest absolute Gasteiger partial charge is 0.269 e. The number of hydrogen-bond acceptors (Lipinski definition) is 4. The monoisotopic (exact) mass is 277 g/mol. The first-order valence-electron chi connectivity index (χ1n) is 6.73. The largest absolute Gasteiger partial charge is 0.340 e. The van der Waals surface area contributed by atoms with Crippen LogP contribution in [-0.4, -0.2) is 41.9 Å². The summed E-state index contributed by atoms with van der Waals surface area (Å²) in [5.41, 5.74) is 1.17. The minimum absolute atomic E-state index is 0.0131. The van der Waals surface area contributed by atoms with Gasteiger partial charge in [0.05, 0.1) is 4.92 Å². The number of rotatable bonds is 4. The maximum absolute atomic E-state index is 12.4. The molecule has 20 heavy (non-hydrogen) atoms. The lowest BCUT2D eigenvalue weighted by Gasteiger charge is -2.22. The molecule has 0 bridgehead atoms. The lowest BCUT2D eigenvalue weighted by molar-refractivity contribution is -0.384. The molecule has 0 spiro atoms. The second-order valence-corrected chi connectivity index (χ2v) is 5.24. The van der Waals surface area contributed by atoms with Crippen molar-refractivity contribution >= 4 is 11.6 Å². The molecule has 6 nitrogen and oxygen atoms in total. The number of benzene rings is 1. The molecule has 0 aliphatic carbocycles. The molecule has 0 radical (unpaired) electrons. The fourth-order valence-electron chi connectivity index (χ4n) is 2.53. The minimum atomic E-state index is -0.451. The Labute approximate surface area is 117 Å². The van der Waals surface area contributed by atoms with Gasteiger partial charge < -0.3 is 10.2 Å². The van der Waals surface area contributed by atoms with Gasteiger partial charge in [-0.3, -0.25) is 14.9 Å². The van der Waals surface area contributed by atoms with Crippen molar-refractivity contribution in [2.24, 2.45) is 0 Å². The Morgan fingerprint density at radius 2 is 2.30 bits per heavy atom. The summed E-state index contributed by atoms with van der Waals surface area (Å²) in [7, 11) is 1.77. The molecule has 1 aliphatic heterocycles. The summed E-state index contributed by atoms with van der Waals surface area (Å²) in [6.07, 6.45) is 2.22. The molecule has 1 fully saturated rings. The summed E-state index contributed by atoms with van der Waals surface area (Å²) in [4.78, 5) is 24.3. The fraction of sp³-hybridized carbons (Fsp3) is 0.500. The maximum Gasteiger partial charge on any atom is 0.269 e. The average Bonchev–Trinajstić information content (AvgIpc) is 2.90. The Balaban J connectivity index is 2.09. The average molecular weight is 277 g/mol. The van der Waals surface area contributed by atoms with Gasteiger partial charge in [0.2, 0.25) is 0 Å². The lowest BCUT2D eigenvalue weighted by Crippen LogP contribution is -2.38. The van der Waals surface area contributed by atoms with Crippen LogP contribution in [-0.2, 0) is 0 Å². The van der Waals surface area contributed by atoms with E-state index in [1.807, 2.05) is 0 Å². The van der Waals surface area contributed by atoms with Gasteiger partial charge in [-0.05, 0) is 37.9 Å². The predicted molar refractivity (Wildman–Crippen MR) is 75.8 cm³/mol. The molecule has 1 amide bonds. The van der Waals surface area contributed by atoms with Gasteiger partial charge in [0.1, 0.15) is 0 Å². The molecular weight excluding hydrogens is 258 g/mol. The third-order valence-corrected chi connectivity index (χ3v) is 3.65. The van der Waals surface area contributed by atoms with Gasteiger partial charge in [-0.2, -0.15) is 0 Å². The van der Waals surface area contributed by atoms with Gasteiger partial charge in [-0.1, -0.05) is 0 Å². The van der Waals surface area contributed by atoms with E-state index in [0.29, 0.717) is 23.7 Å². The van der Waals surface area contributed by atoms with E-state index in [2.05, 4.69) is 5.32 Å². The van der Waals surface area contributed by atoms with Crippen LogP contribution >= 0.6 is 0 Å². The van der Waals surface area contributed by atoms with Crippen LogP contribution < -0.4 is 5.32 Å². The van der Waals surface area contributed by atoms with Gasteiger partial charge in [0.15, 0.2) is 0 Å². The van der Waals surface area contributed by atoms with Crippen molar-refractivity contribution in [2.45, 2.75) is 25.8 Å². The van der Waals surface area contributed by atoms with Gasteiger partial charge in [-0.25, -0.2) is 0 Å². The Kier molecular flexibility index (Phi) is 4.34. The van der Waals surface area contributed by atoms with E-state index in [0.717, 1.165) is 19.4 Å². The van der Waals surface area contributed by atoms with E-state index in [9.17, 15) is 14.9 Å². The van der Waals surface area contributed by atoms with Crippen LogP contribution in [0.4, 0.5) is 5.69 Å². The summed E-state index contributed by atoms with van der Waals surface area (Å²) in [6.45, 7) is 3.39. The molecule has 108 valence electrons. The summed E-state index contributed by atoms with van der Waals surface area (Å²) in [5, 5.41) is 14.0. The van der Waals surface area contributed by atoms with Crippen LogP contribution in [0.5, 0.6) is 0 Å². The van der Waals surface area contributed by atoms with Crippen molar-refractivity contribution in [3.8, 4) is 0 Å². The van der Waals surface area contributed by atoms with Crippen molar-refractivity contribution in [3.05, 3.63) is 39.4 Å². The Bertz CT molecular complexity index is 524. The first kappa shape index (κ1) is 14.5. The van der Waals surface area contributed by atoms with Crippen LogP contribution in [0.2, 0.25) is 0 Å². The number of aryl methyl sites for hydroxylation is 1. The molecule has 2 rings (SSSR count). The second kappa shape index (κ2) is 6.00. The zero-order valence-corrected chi connectivity index (χ0v) is 11.8. The summed E-state index contributed by atoms with van der Waals surface area (Å²) in [5.74, 6) is -0.0916. The van der Waals surface area contributed by atoms with E-state index < -0.39 is 4.92 Å². The molecule has 1 N–H and O–H groups in total. The SMILES string of the molecule is Cc1cc([N+](=O)[O-])ccc1C(=O)N(C)CC1CCCN1. The third kappa shape index (κ3) is 3.14. The number of amides is 1. The van der Waals surface area contributed by atoms with Crippen LogP contribution in [0.25, 0.3) is 0 Å². The molecule has 1 aromatic rings. The number of carbonyl (C=O) groups excluding carboxylic acids is 1. The quantitative estimate of drug-likeness (QED) is 0.671. The molecular formula is C14H19N3O3. The highest BCUT2D eigenvalue weighted by Gasteiger charge is 2.21. The summed E-state index contributed by atoms with van der Waals surface area (Å²) in [6, 6.07) is 4.70. The highest BCUT2D eigenvalue weighted by molar-refractivity contribution is 5.95. The summed E-state index contributed by atoms with van der Waals surface area (Å²) < 4.78 is 0.